The van der Waals surface area contributed by atoms with E-state index in [0.717, 1.165) is 0 Å². The van der Waals surface area contributed by atoms with E-state index in [2.05, 4.69) is 10.3 Å². The number of pyridine rings is 1. The van der Waals surface area contributed by atoms with Crippen molar-refractivity contribution >= 4 is 27.4 Å². The Balaban J connectivity index is 2.35. The van der Waals surface area contributed by atoms with E-state index in [9.17, 15) is 13.2 Å². The quantitative estimate of drug-likeness (QED) is 0.820. The molecule has 1 amide bonds. The summed E-state index contributed by atoms with van der Waals surface area (Å²) < 4.78 is 26.6. The number of rotatable bonds is 6. The Morgan fingerprint density at radius 2 is 1.88 bits per heavy atom. The molecular weight excluding hydrogens is 340 g/mol. The molecule has 2 aromatic rings. The number of amides is 1. The average molecular weight is 362 g/mol. The Morgan fingerprint density at radius 1 is 1.20 bits per heavy atom. The van der Waals surface area contributed by atoms with Gasteiger partial charge in [-0.2, -0.15) is 4.31 Å². The lowest BCUT2D eigenvalue weighted by Crippen LogP contribution is -2.30. The molecule has 0 aliphatic heterocycles. The number of nitrogens with zero attached hydrogens (tertiary/aromatic N) is 2. The highest BCUT2D eigenvalue weighted by atomic mass is 32.2. The summed E-state index contributed by atoms with van der Waals surface area (Å²) >= 11 is 0. The van der Waals surface area contributed by atoms with Crippen LogP contribution in [0.3, 0.4) is 0 Å². The molecule has 1 aromatic carbocycles. The number of aromatic nitrogens is 1. The van der Waals surface area contributed by atoms with Crippen molar-refractivity contribution in [2.24, 2.45) is 0 Å². The van der Waals surface area contributed by atoms with Crippen LogP contribution in [0, 0.1) is 6.92 Å². The van der Waals surface area contributed by atoms with Crippen LogP contribution >= 0.6 is 0 Å². The topological polar surface area (TPSA) is 105 Å². The van der Waals surface area contributed by atoms with Crippen LogP contribution in [0.15, 0.2) is 41.4 Å². The minimum absolute atomic E-state index is 0.0994. The molecule has 1 aromatic heterocycles. The van der Waals surface area contributed by atoms with Crippen LogP contribution in [0.5, 0.6) is 0 Å². The van der Waals surface area contributed by atoms with Crippen LogP contribution < -0.4 is 11.1 Å². The third kappa shape index (κ3) is 4.15. The lowest BCUT2D eigenvalue weighted by Gasteiger charge is -2.19. The van der Waals surface area contributed by atoms with Gasteiger partial charge in [-0.1, -0.05) is 19.9 Å². The fraction of sp³-hybridized carbons (Fsp3) is 0.294. The number of anilines is 2. The first-order valence-corrected chi connectivity index (χ1v) is 9.37. The lowest BCUT2D eigenvalue weighted by atomic mass is 10.1. The van der Waals surface area contributed by atoms with Gasteiger partial charge >= 0.3 is 0 Å². The highest BCUT2D eigenvalue weighted by molar-refractivity contribution is 7.89. The molecule has 8 heteroatoms. The predicted molar refractivity (Wildman–Crippen MR) is 97.9 cm³/mol. The van der Waals surface area contributed by atoms with Crippen molar-refractivity contribution in [1.29, 1.82) is 0 Å². The summed E-state index contributed by atoms with van der Waals surface area (Å²) in [4.78, 5) is 16.5. The monoisotopic (exact) mass is 362 g/mol. The van der Waals surface area contributed by atoms with E-state index in [4.69, 9.17) is 5.73 Å². The van der Waals surface area contributed by atoms with E-state index < -0.39 is 15.9 Å². The number of sulfonamides is 1. The molecule has 0 fully saturated rings. The van der Waals surface area contributed by atoms with Crippen LogP contribution in [0.2, 0.25) is 0 Å². The molecule has 0 saturated heterocycles. The van der Waals surface area contributed by atoms with E-state index in [1.54, 1.807) is 39.0 Å². The minimum Gasteiger partial charge on any atom is -0.384 e. The van der Waals surface area contributed by atoms with Crippen LogP contribution in [0.4, 0.5) is 11.5 Å². The molecule has 0 atom stereocenters. The number of nitrogens with two attached hydrogens (primary N) is 1. The summed E-state index contributed by atoms with van der Waals surface area (Å²) in [5.74, 6) is -0.0536. The zero-order valence-electron chi connectivity index (χ0n) is 14.5. The second kappa shape index (κ2) is 7.62. The Kier molecular flexibility index (Phi) is 5.76. The standard InChI is InChI=1S/C17H22N4O3S/c1-4-21(5-2)25(23,24)14-8-6-12(3)15(10-14)17(22)20-13-7-9-16(18)19-11-13/h6-11H,4-5H2,1-3H3,(H2,18,19)(H,20,22). The van der Waals surface area contributed by atoms with Crippen LogP contribution in [-0.2, 0) is 10.0 Å². The van der Waals surface area contributed by atoms with E-state index in [-0.39, 0.29) is 4.90 Å². The fourth-order valence-corrected chi connectivity index (χ4v) is 3.88. The summed E-state index contributed by atoms with van der Waals surface area (Å²) in [5.41, 5.74) is 6.98. The first kappa shape index (κ1) is 18.9. The lowest BCUT2D eigenvalue weighted by molar-refractivity contribution is 0.102. The molecule has 3 N–H and O–H groups in total. The van der Waals surface area contributed by atoms with Crippen LogP contribution in [0.25, 0.3) is 0 Å². The van der Waals surface area contributed by atoms with Gasteiger partial charge in [-0.3, -0.25) is 4.79 Å². The number of nitrogen functional groups attached to an aromatic ring is 1. The van der Waals surface area contributed by atoms with Crippen molar-refractivity contribution in [2.75, 3.05) is 24.1 Å². The predicted octanol–water partition coefficient (Wildman–Crippen LogP) is 2.26. The van der Waals surface area contributed by atoms with Gasteiger partial charge in [0.15, 0.2) is 0 Å². The molecule has 0 aliphatic carbocycles. The highest BCUT2D eigenvalue weighted by Crippen LogP contribution is 2.20. The highest BCUT2D eigenvalue weighted by Gasteiger charge is 2.23. The number of carbonyl (C=O) groups excluding carboxylic acids is 1. The maximum atomic E-state index is 12.6. The van der Waals surface area contributed by atoms with Gasteiger partial charge in [-0.15, -0.1) is 0 Å². The van der Waals surface area contributed by atoms with E-state index >= 15 is 0 Å². The van der Waals surface area contributed by atoms with Gasteiger partial charge in [0.05, 0.1) is 16.8 Å². The molecule has 0 bridgehead atoms. The third-order valence-corrected chi connectivity index (χ3v) is 5.89. The number of carbonyl (C=O) groups is 1. The maximum Gasteiger partial charge on any atom is 0.256 e. The summed E-state index contributed by atoms with van der Waals surface area (Å²) in [6.07, 6.45) is 1.44. The molecular formula is C17H22N4O3S. The Bertz CT molecular complexity index is 860. The Morgan fingerprint density at radius 3 is 2.44 bits per heavy atom. The Labute approximate surface area is 147 Å². The second-order valence-electron chi connectivity index (χ2n) is 5.49. The smallest absolute Gasteiger partial charge is 0.256 e. The molecule has 0 unspecified atom stereocenters. The van der Waals surface area contributed by atoms with Crippen molar-refractivity contribution < 1.29 is 13.2 Å². The van der Waals surface area contributed by atoms with Crippen molar-refractivity contribution in [2.45, 2.75) is 25.7 Å². The third-order valence-electron chi connectivity index (χ3n) is 3.84. The number of benzene rings is 1. The van der Waals surface area contributed by atoms with E-state index in [1.165, 1.54) is 22.6 Å². The normalized spacial score (nSPS) is 11.5. The number of hydrogen-bond acceptors (Lipinski definition) is 5. The molecule has 1 heterocycles. The van der Waals surface area contributed by atoms with Crippen molar-refractivity contribution in [3.63, 3.8) is 0 Å². The molecule has 0 aliphatic rings. The average Bonchev–Trinajstić information content (AvgIpc) is 2.58. The van der Waals surface area contributed by atoms with Gasteiger partial charge in [0, 0.05) is 18.7 Å². The van der Waals surface area contributed by atoms with Gasteiger partial charge < -0.3 is 11.1 Å². The zero-order chi connectivity index (χ0) is 18.6. The van der Waals surface area contributed by atoms with E-state index in [0.29, 0.717) is 35.7 Å². The van der Waals surface area contributed by atoms with Crippen LogP contribution in [0.1, 0.15) is 29.8 Å². The molecule has 7 nitrogen and oxygen atoms in total. The first-order chi connectivity index (χ1) is 11.8. The fourth-order valence-electron chi connectivity index (χ4n) is 2.40. The van der Waals surface area contributed by atoms with Gasteiger partial charge in [0.1, 0.15) is 5.82 Å². The van der Waals surface area contributed by atoms with Crippen molar-refractivity contribution in [3.8, 4) is 0 Å². The number of hydrogen-bond donors (Lipinski definition) is 2. The van der Waals surface area contributed by atoms with Crippen molar-refractivity contribution in [1.82, 2.24) is 9.29 Å². The van der Waals surface area contributed by atoms with Gasteiger partial charge in [0.2, 0.25) is 10.0 Å². The Hall–Kier alpha value is -2.45. The van der Waals surface area contributed by atoms with Gasteiger partial charge in [-0.05, 0) is 36.8 Å². The molecule has 0 spiro atoms. The van der Waals surface area contributed by atoms with Crippen LogP contribution in [-0.4, -0.2) is 36.7 Å². The maximum absolute atomic E-state index is 12.6. The molecule has 0 radical (unpaired) electrons. The summed E-state index contributed by atoms with van der Waals surface area (Å²) in [5, 5.41) is 2.70. The summed E-state index contributed by atoms with van der Waals surface area (Å²) in [7, 11) is -3.63. The summed E-state index contributed by atoms with van der Waals surface area (Å²) in [6.45, 7) is 6.04. The SMILES string of the molecule is CCN(CC)S(=O)(=O)c1ccc(C)c(C(=O)Nc2ccc(N)nc2)c1. The molecule has 2 rings (SSSR count). The zero-order valence-corrected chi connectivity index (χ0v) is 15.3. The van der Waals surface area contributed by atoms with Crippen molar-refractivity contribution in [3.05, 3.63) is 47.7 Å². The van der Waals surface area contributed by atoms with Gasteiger partial charge in [0.25, 0.3) is 5.91 Å². The van der Waals surface area contributed by atoms with E-state index in [1.807, 2.05) is 0 Å². The number of aryl methyl sites for hydroxylation is 1. The first-order valence-electron chi connectivity index (χ1n) is 7.93. The second-order valence-corrected chi connectivity index (χ2v) is 7.43. The van der Waals surface area contributed by atoms with Gasteiger partial charge in [-0.25, -0.2) is 13.4 Å². The largest absolute Gasteiger partial charge is 0.384 e. The molecule has 25 heavy (non-hydrogen) atoms. The number of nitrogens with one attached hydrogen (secondary N) is 1. The molecule has 134 valence electrons. The minimum atomic E-state index is -3.63. The molecule has 0 saturated carbocycles. The summed E-state index contributed by atoms with van der Waals surface area (Å²) in [6, 6.07) is 7.76.